The van der Waals surface area contributed by atoms with E-state index in [4.69, 9.17) is 4.74 Å². The average molecular weight is 249 g/mol. The summed E-state index contributed by atoms with van der Waals surface area (Å²) >= 11 is 5.54. The van der Waals surface area contributed by atoms with Gasteiger partial charge in [0.1, 0.15) is 5.78 Å². The molecule has 2 atom stereocenters. The lowest BCUT2D eigenvalue weighted by Crippen LogP contribution is -2.52. The van der Waals surface area contributed by atoms with Gasteiger partial charge in [-0.1, -0.05) is 0 Å². The molecule has 1 rings (SSSR count). The Labute approximate surface area is 98.9 Å². The molecule has 86 valence electrons. The van der Waals surface area contributed by atoms with Crippen molar-refractivity contribution in [3.63, 3.8) is 0 Å². The number of rotatable bonds is 4. The Morgan fingerprint density at radius 2 is 2.33 bits per heavy atom. The van der Waals surface area contributed by atoms with E-state index in [1.54, 1.807) is 6.92 Å². The molecule has 1 heterocycles. The minimum absolute atomic E-state index is 0.0375. The SMILES string of the molecule is CCOC(=O)C1(CS)N[C@H](C(C)=O)CS1. The summed E-state index contributed by atoms with van der Waals surface area (Å²) < 4.78 is 4.97. The van der Waals surface area contributed by atoms with Gasteiger partial charge in [0.15, 0.2) is 4.87 Å². The van der Waals surface area contributed by atoms with Crippen LogP contribution in [0.25, 0.3) is 0 Å². The Kier molecular flexibility index (Phi) is 4.48. The first-order chi connectivity index (χ1) is 7.05. The highest BCUT2D eigenvalue weighted by atomic mass is 32.2. The molecule has 0 bridgehead atoms. The smallest absolute Gasteiger partial charge is 0.337 e. The van der Waals surface area contributed by atoms with Gasteiger partial charge >= 0.3 is 5.97 Å². The summed E-state index contributed by atoms with van der Waals surface area (Å²) in [6.45, 7) is 3.60. The lowest BCUT2D eigenvalue weighted by Gasteiger charge is -2.24. The normalized spacial score (nSPS) is 30.2. The van der Waals surface area contributed by atoms with Crippen molar-refractivity contribution in [3.8, 4) is 0 Å². The second-order valence-corrected chi connectivity index (χ2v) is 4.96. The van der Waals surface area contributed by atoms with Gasteiger partial charge in [0.2, 0.25) is 0 Å². The lowest BCUT2D eigenvalue weighted by molar-refractivity contribution is -0.146. The van der Waals surface area contributed by atoms with E-state index in [9.17, 15) is 9.59 Å². The number of ketones is 1. The highest BCUT2D eigenvalue weighted by Gasteiger charge is 2.47. The molecule has 0 amide bonds. The molecule has 0 aromatic carbocycles. The topological polar surface area (TPSA) is 55.4 Å². The van der Waals surface area contributed by atoms with Crippen molar-refractivity contribution in [2.75, 3.05) is 18.1 Å². The predicted octanol–water partition coefficient (Wildman–Crippen LogP) is 0.470. The van der Waals surface area contributed by atoms with Crippen LogP contribution in [-0.2, 0) is 14.3 Å². The Hall–Kier alpha value is -0.200. The molecule has 0 spiro atoms. The van der Waals surface area contributed by atoms with Crippen LogP contribution in [-0.4, -0.2) is 40.8 Å². The fourth-order valence-electron chi connectivity index (χ4n) is 1.33. The largest absolute Gasteiger partial charge is 0.464 e. The van der Waals surface area contributed by atoms with Crippen molar-refractivity contribution in [2.45, 2.75) is 24.8 Å². The fourth-order valence-corrected chi connectivity index (χ4v) is 3.09. The van der Waals surface area contributed by atoms with Gasteiger partial charge in [0.25, 0.3) is 0 Å². The van der Waals surface area contributed by atoms with Crippen LogP contribution in [0.1, 0.15) is 13.8 Å². The molecule has 1 aliphatic rings. The number of thioether (sulfide) groups is 1. The van der Waals surface area contributed by atoms with E-state index in [-0.39, 0.29) is 17.8 Å². The van der Waals surface area contributed by atoms with E-state index in [0.717, 1.165) is 0 Å². The second-order valence-electron chi connectivity index (χ2n) is 3.32. The number of carbonyl (C=O) groups is 2. The summed E-state index contributed by atoms with van der Waals surface area (Å²) in [5.74, 6) is 0.610. The van der Waals surface area contributed by atoms with Gasteiger partial charge in [-0.15, -0.1) is 11.8 Å². The van der Waals surface area contributed by atoms with E-state index >= 15 is 0 Å². The molecule has 15 heavy (non-hydrogen) atoms. The number of nitrogens with one attached hydrogen (secondary N) is 1. The summed E-state index contributed by atoms with van der Waals surface area (Å²) in [6.07, 6.45) is 0. The second kappa shape index (κ2) is 5.23. The van der Waals surface area contributed by atoms with Gasteiger partial charge in [0, 0.05) is 11.5 Å². The zero-order chi connectivity index (χ0) is 11.5. The molecule has 6 heteroatoms. The summed E-state index contributed by atoms with van der Waals surface area (Å²) in [4.78, 5) is 22.0. The van der Waals surface area contributed by atoms with Crippen LogP contribution in [0.15, 0.2) is 0 Å². The summed E-state index contributed by atoms with van der Waals surface area (Å²) in [5.41, 5.74) is 0. The zero-order valence-corrected chi connectivity index (χ0v) is 10.5. The number of esters is 1. The van der Waals surface area contributed by atoms with Crippen LogP contribution < -0.4 is 5.32 Å². The Morgan fingerprint density at radius 1 is 1.67 bits per heavy atom. The third-order valence-electron chi connectivity index (χ3n) is 2.22. The van der Waals surface area contributed by atoms with Gasteiger partial charge < -0.3 is 4.74 Å². The van der Waals surface area contributed by atoms with E-state index in [0.29, 0.717) is 18.1 Å². The molecule has 1 aliphatic heterocycles. The van der Waals surface area contributed by atoms with E-state index < -0.39 is 4.87 Å². The van der Waals surface area contributed by atoms with E-state index in [1.807, 2.05) is 0 Å². The summed E-state index contributed by atoms with van der Waals surface area (Å²) in [5, 5.41) is 3.00. The monoisotopic (exact) mass is 249 g/mol. The van der Waals surface area contributed by atoms with Gasteiger partial charge in [-0.2, -0.15) is 12.6 Å². The van der Waals surface area contributed by atoms with E-state index in [2.05, 4.69) is 17.9 Å². The maximum absolute atomic E-state index is 11.7. The number of hydrogen-bond acceptors (Lipinski definition) is 6. The molecule has 4 nitrogen and oxygen atoms in total. The Morgan fingerprint density at radius 3 is 2.73 bits per heavy atom. The molecular formula is C9H15NO3S2. The van der Waals surface area contributed by atoms with Crippen molar-refractivity contribution in [1.82, 2.24) is 5.32 Å². The molecule has 0 aromatic rings. The Bertz CT molecular complexity index is 272. The zero-order valence-electron chi connectivity index (χ0n) is 8.78. The molecular weight excluding hydrogens is 234 g/mol. The van der Waals surface area contributed by atoms with Crippen LogP contribution >= 0.6 is 24.4 Å². The summed E-state index contributed by atoms with van der Waals surface area (Å²) in [6, 6.07) is -0.272. The number of thiol groups is 1. The first-order valence-corrected chi connectivity index (χ1v) is 6.37. The Balaban J connectivity index is 2.72. The van der Waals surface area contributed by atoms with Gasteiger partial charge in [-0.3, -0.25) is 10.1 Å². The average Bonchev–Trinajstić information content (AvgIpc) is 2.63. The number of carbonyl (C=O) groups excluding carboxylic acids is 2. The van der Waals surface area contributed by atoms with Crippen LogP contribution in [0.3, 0.4) is 0 Å². The van der Waals surface area contributed by atoms with Crippen molar-refractivity contribution >= 4 is 36.1 Å². The molecule has 0 aromatic heterocycles. The van der Waals surface area contributed by atoms with Crippen LogP contribution in [0.2, 0.25) is 0 Å². The minimum atomic E-state index is -0.852. The van der Waals surface area contributed by atoms with Crippen molar-refractivity contribution in [1.29, 1.82) is 0 Å². The van der Waals surface area contributed by atoms with Gasteiger partial charge in [-0.05, 0) is 13.8 Å². The molecule has 1 unspecified atom stereocenters. The third kappa shape index (κ3) is 2.68. The fraction of sp³-hybridized carbons (Fsp3) is 0.778. The maximum atomic E-state index is 11.7. The maximum Gasteiger partial charge on any atom is 0.337 e. The van der Waals surface area contributed by atoms with Crippen LogP contribution in [0.5, 0.6) is 0 Å². The third-order valence-corrected chi connectivity index (χ3v) is 4.33. The van der Waals surface area contributed by atoms with Crippen LogP contribution in [0, 0.1) is 0 Å². The van der Waals surface area contributed by atoms with E-state index in [1.165, 1.54) is 18.7 Å². The van der Waals surface area contributed by atoms with Crippen molar-refractivity contribution < 1.29 is 14.3 Å². The number of Topliss-reactive ketones (excluding diaryl/α,β-unsaturated/α-hetero) is 1. The molecule has 1 saturated heterocycles. The van der Waals surface area contributed by atoms with Gasteiger partial charge in [-0.25, -0.2) is 4.79 Å². The number of ether oxygens (including phenoxy) is 1. The quantitative estimate of drug-likeness (QED) is 0.560. The highest BCUT2D eigenvalue weighted by Crippen LogP contribution is 2.33. The van der Waals surface area contributed by atoms with Crippen molar-refractivity contribution in [3.05, 3.63) is 0 Å². The van der Waals surface area contributed by atoms with Gasteiger partial charge in [0.05, 0.1) is 12.6 Å². The highest BCUT2D eigenvalue weighted by molar-refractivity contribution is 8.02. The first kappa shape index (κ1) is 12.9. The molecule has 0 saturated carbocycles. The molecule has 1 fully saturated rings. The minimum Gasteiger partial charge on any atom is -0.464 e. The molecule has 1 N–H and O–H groups in total. The lowest BCUT2D eigenvalue weighted by atomic mass is 10.2. The summed E-state index contributed by atoms with van der Waals surface area (Å²) in [7, 11) is 0. The molecule has 0 radical (unpaired) electrons. The van der Waals surface area contributed by atoms with Crippen LogP contribution in [0.4, 0.5) is 0 Å². The standard InChI is InChI=1S/C9H15NO3S2/c1-3-13-8(12)9(5-14)10-7(4-15-9)6(2)11/h7,10,14H,3-5H2,1-2H3/t7-,9?/m0/s1. The van der Waals surface area contributed by atoms with Crippen molar-refractivity contribution in [2.24, 2.45) is 0 Å². The predicted molar refractivity (Wildman–Crippen MR) is 63.3 cm³/mol. The number of hydrogen-bond donors (Lipinski definition) is 2. The first-order valence-electron chi connectivity index (χ1n) is 4.76. The molecule has 0 aliphatic carbocycles.